The number of halogens is 1. The number of benzene rings is 1. The summed E-state index contributed by atoms with van der Waals surface area (Å²) >= 11 is 5.64. The molecule has 5 N–H and O–H groups in total. The Morgan fingerprint density at radius 3 is 2.19 bits per heavy atom. The van der Waals surface area contributed by atoms with Crippen molar-refractivity contribution in [3.05, 3.63) is 29.3 Å². The van der Waals surface area contributed by atoms with Gasteiger partial charge in [0.25, 0.3) is 0 Å². The second kappa shape index (κ2) is 7.53. The molecule has 1 aromatic rings. The van der Waals surface area contributed by atoms with Crippen molar-refractivity contribution in [1.82, 2.24) is 0 Å². The van der Waals surface area contributed by atoms with Crippen LogP contribution in [-0.4, -0.2) is 11.9 Å². The molecule has 0 heterocycles. The summed E-state index contributed by atoms with van der Waals surface area (Å²) in [6, 6.07) is 6.69. The fourth-order valence-corrected chi connectivity index (χ4v) is 0.832. The van der Waals surface area contributed by atoms with Crippen molar-refractivity contribution in [2.45, 2.75) is 13.3 Å². The van der Waals surface area contributed by atoms with Gasteiger partial charge in [-0.25, -0.2) is 0 Å². The topological polar surface area (TPSA) is 102 Å². The van der Waals surface area contributed by atoms with E-state index in [0.29, 0.717) is 17.2 Å². The fourth-order valence-electron chi connectivity index (χ4n) is 0.706. The fraction of sp³-hybridized carbons (Fsp3) is 0.200. The van der Waals surface area contributed by atoms with Crippen LogP contribution in [0.1, 0.15) is 13.3 Å². The molecule has 16 heavy (non-hydrogen) atoms. The van der Waals surface area contributed by atoms with E-state index in [1.54, 1.807) is 31.2 Å². The Hall–Kier alpha value is -1.75. The maximum atomic E-state index is 10.8. The second-order valence-corrected chi connectivity index (χ2v) is 3.17. The van der Waals surface area contributed by atoms with E-state index in [9.17, 15) is 4.79 Å². The van der Waals surface area contributed by atoms with Crippen molar-refractivity contribution in [2.24, 2.45) is 11.5 Å². The van der Waals surface area contributed by atoms with Crippen LogP contribution < -0.4 is 16.2 Å². The molecule has 5 nitrogen and oxygen atoms in total. The smallest absolute Gasteiger partial charge is 0.310 e. The van der Waals surface area contributed by atoms with Gasteiger partial charge in [-0.15, -0.1) is 0 Å². The van der Waals surface area contributed by atoms with E-state index in [-0.39, 0.29) is 11.9 Å². The van der Waals surface area contributed by atoms with E-state index in [1.165, 1.54) is 0 Å². The Morgan fingerprint density at radius 2 is 1.81 bits per heavy atom. The first kappa shape index (κ1) is 14.2. The summed E-state index contributed by atoms with van der Waals surface area (Å²) in [7, 11) is 0. The van der Waals surface area contributed by atoms with E-state index in [1.807, 2.05) is 0 Å². The molecule has 0 aliphatic rings. The molecule has 0 bridgehead atoms. The van der Waals surface area contributed by atoms with Crippen molar-refractivity contribution >= 4 is 23.5 Å². The molecule has 0 aromatic heterocycles. The lowest BCUT2D eigenvalue weighted by Gasteiger charge is -2.00. The molecule has 0 saturated heterocycles. The van der Waals surface area contributed by atoms with E-state index in [4.69, 9.17) is 21.7 Å². The van der Waals surface area contributed by atoms with E-state index in [0.717, 1.165) is 0 Å². The number of nitrogens with one attached hydrogen (secondary N) is 1. The Morgan fingerprint density at radius 1 is 1.38 bits per heavy atom. The third-order valence-corrected chi connectivity index (χ3v) is 1.59. The van der Waals surface area contributed by atoms with Crippen molar-refractivity contribution in [3.8, 4) is 5.75 Å². The second-order valence-electron chi connectivity index (χ2n) is 2.74. The molecule has 0 unspecified atom stereocenters. The van der Waals surface area contributed by atoms with Crippen LogP contribution in [-0.2, 0) is 4.79 Å². The minimum absolute atomic E-state index is 0.239. The zero-order valence-corrected chi connectivity index (χ0v) is 9.62. The van der Waals surface area contributed by atoms with Crippen molar-refractivity contribution in [2.75, 3.05) is 0 Å². The van der Waals surface area contributed by atoms with Gasteiger partial charge in [0, 0.05) is 11.4 Å². The number of guanidine groups is 1. The highest BCUT2D eigenvalue weighted by atomic mass is 35.5. The van der Waals surface area contributed by atoms with Crippen LogP contribution in [0.15, 0.2) is 24.3 Å². The number of esters is 1. The summed E-state index contributed by atoms with van der Waals surface area (Å²) in [5.74, 6) is -0.0384. The Labute approximate surface area is 98.8 Å². The molecule has 0 amide bonds. The lowest BCUT2D eigenvalue weighted by atomic mass is 10.3. The molecule has 0 radical (unpaired) electrons. The van der Waals surface area contributed by atoms with Gasteiger partial charge in [0.05, 0.1) is 0 Å². The zero-order chi connectivity index (χ0) is 12.6. The number of hydrogen-bond donors (Lipinski definition) is 3. The van der Waals surface area contributed by atoms with Gasteiger partial charge in [0.15, 0.2) is 5.96 Å². The molecular weight excluding hydrogens is 230 g/mol. The summed E-state index contributed by atoms with van der Waals surface area (Å²) in [6.45, 7) is 1.75. The lowest BCUT2D eigenvalue weighted by Crippen LogP contribution is -2.20. The van der Waals surface area contributed by atoms with E-state index < -0.39 is 0 Å². The zero-order valence-electron chi connectivity index (χ0n) is 8.87. The highest BCUT2D eigenvalue weighted by molar-refractivity contribution is 6.30. The van der Waals surface area contributed by atoms with Crippen LogP contribution in [0, 0.1) is 5.41 Å². The molecule has 0 aliphatic carbocycles. The maximum Gasteiger partial charge on any atom is 0.310 e. The third-order valence-electron chi connectivity index (χ3n) is 1.33. The average molecular weight is 244 g/mol. The SMILES string of the molecule is CCC(=O)Oc1ccc(Cl)cc1.N=C(N)N. The molecule has 1 aromatic carbocycles. The van der Waals surface area contributed by atoms with Gasteiger partial charge in [-0.3, -0.25) is 10.2 Å². The minimum atomic E-state index is -0.333. The first-order chi connectivity index (χ1) is 7.45. The molecular formula is C10H14ClN3O2. The molecule has 0 saturated carbocycles. The minimum Gasteiger partial charge on any atom is -0.427 e. The first-order valence-electron chi connectivity index (χ1n) is 4.51. The quantitative estimate of drug-likeness (QED) is 0.317. The molecule has 0 atom stereocenters. The number of rotatable bonds is 2. The van der Waals surface area contributed by atoms with Gasteiger partial charge in [-0.1, -0.05) is 18.5 Å². The molecule has 0 spiro atoms. The monoisotopic (exact) mass is 243 g/mol. The van der Waals surface area contributed by atoms with Crippen LogP contribution in [0.25, 0.3) is 0 Å². The summed E-state index contributed by atoms with van der Waals surface area (Å²) < 4.78 is 4.92. The van der Waals surface area contributed by atoms with E-state index in [2.05, 4.69) is 11.5 Å². The van der Waals surface area contributed by atoms with Crippen molar-refractivity contribution < 1.29 is 9.53 Å². The normalized spacial score (nSPS) is 8.62. The Balaban J connectivity index is 0.000000487. The summed E-state index contributed by atoms with van der Waals surface area (Å²) in [5, 5.41) is 6.69. The summed E-state index contributed by atoms with van der Waals surface area (Å²) in [5.41, 5.74) is 8.94. The number of nitrogens with two attached hydrogens (primary N) is 2. The lowest BCUT2D eigenvalue weighted by molar-refractivity contribution is -0.134. The average Bonchev–Trinajstić information content (AvgIpc) is 2.20. The number of carbonyl (C=O) groups excluding carboxylic acids is 1. The van der Waals surface area contributed by atoms with Gasteiger partial charge in [0.1, 0.15) is 5.75 Å². The van der Waals surface area contributed by atoms with E-state index >= 15 is 0 Å². The van der Waals surface area contributed by atoms with Crippen molar-refractivity contribution in [3.63, 3.8) is 0 Å². The van der Waals surface area contributed by atoms with Gasteiger partial charge >= 0.3 is 5.97 Å². The van der Waals surface area contributed by atoms with Crippen molar-refractivity contribution in [1.29, 1.82) is 5.41 Å². The highest BCUT2D eigenvalue weighted by Crippen LogP contribution is 2.15. The first-order valence-corrected chi connectivity index (χ1v) is 4.89. The Bertz CT molecular complexity index is 348. The van der Waals surface area contributed by atoms with Gasteiger partial charge in [0.2, 0.25) is 0 Å². The summed E-state index contributed by atoms with van der Waals surface area (Å²) in [4.78, 5) is 10.8. The number of ether oxygens (including phenoxy) is 1. The Kier molecular flexibility index (Phi) is 6.71. The van der Waals surface area contributed by atoms with Gasteiger partial charge in [-0.2, -0.15) is 0 Å². The van der Waals surface area contributed by atoms with Gasteiger partial charge in [-0.05, 0) is 24.3 Å². The predicted molar refractivity (Wildman–Crippen MR) is 63.5 cm³/mol. The molecule has 6 heteroatoms. The van der Waals surface area contributed by atoms with Crippen LogP contribution in [0.2, 0.25) is 5.02 Å². The molecule has 1 rings (SSSR count). The number of carbonyl (C=O) groups is 1. The third kappa shape index (κ3) is 7.64. The maximum absolute atomic E-state index is 10.8. The molecule has 0 aliphatic heterocycles. The van der Waals surface area contributed by atoms with Gasteiger partial charge < -0.3 is 16.2 Å². The van der Waals surface area contributed by atoms with Crippen LogP contribution in [0.3, 0.4) is 0 Å². The molecule has 88 valence electrons. The van der Waals surface area contributed by atoms with Crippen LogP contribution >= 0.6 is 11.6 Å². The standard InChI is InChI=1S/C9H9ClO2.CH5N3/c1-2-9(11)12-8-5-3-7(10)4-6-8;2-1(3)4/h3-6H,2H2,1H3;(H5,2,3,4). The highest BCUT2D eigenvalue weighted by Gasteiger charge is 1.99. The largest absolute Gasteiger partial charge is 0.427 e. The van der Waals surface area contributed by atoms with Crippen LogP contribution in [0.5, 0.6) is 5.75 Å². The predicted octanol–water partition coefficient (Wildman–Crippen LogP) is 1.49. The number of hydrogen-bond acceptors (Lipinski definition) is 3. The molecule has 0 fully saturated rings. The van der Waals surface area contributed by atoms with Crippen LogP contribution in [0.4, 0.5) is 0 Å². The summed E-state index contributed by atoms with van der Waals surface area (Å²) in [6.07, 6.45) is 0.378.